The van der Waals surface area contributed by atoms with Crippen LogP contribution in [-0.2, 0) is 9.59 Å². The summed E-state index contributed by atoms with van der Waals surface area (Å²) >= 11 is 0. The minimum absolute atomic E-state index is 0.149. The summed E-state index contributed by atoms with van der Waals surface area (Å²) in [5, 5.41) is 0. The molecule has 5 rings (SSSR count). The molecule has 1 saturated carbocycles. The third kappa shape index (κ3) is 4.07. The zero-order chi connectivity index (χ0) is 22.8. The number of benzene rings is 3. The number of carbonyl (C=O) groups is 3. The van der Waals surface area contributed by atoms with Gasteiger partial charge in [0.1, 0.15) is 5.75 Å². The highest BCUT2D eigenvalue weighted by molar-refractivity contribution is 6.22. The van der Waals surface area contributed by atoms with Gasteiger partial charge in [-0.1, -0.05) is 79.6 Å². The molecule has 0 bridgehead atoms. The number of imide groups is 1. The number of amides is 2. The summed E-state index contributed by atoms with van der Waals surface area (Å²) in [6.45, 7) is -0.176. The number of fused-ring (bicyclic) bond motifs is 1. The van der Waals surface area contributed by atoms with Crippen LogP contribution in [0.15, 0.2) is 78.9 Å². The Kier molecular flexibility index (Phi) is 5.78. The first-order chi connectivity index (χ1) is 16.1. The second-order valence-electron chi connectivity index (χ2n) is 8.63. The molecule has 0 N–H and O–H groups in total. The molecular weight excluding hydrogens is 414 g/mol. The van der Waals surface area contributed by atoms with Crippen molar-refractivity contribution < 1.29 is 19.1 Å². The fourth-order valence-corrected chi connectivity index (χ4v) is 4.87. The van der Waals surface area contributed by atoms with Crippen LogP contribution in [0.3, 0.4) is 0 Å². The fourth-order valence-electron chi connectivity index (χ4n) is 4.87. The second kappa shape index (κ2) is 9.02. The van der Waals surface area contributed by atoms with E-state index in [9.17, 15) is 14.4 Å². The Bertz CT molecular complexity index is 1160. The first-order valence-corrected chi connectivity index (χ1v) is 11.4. The molecule has 2 atom stereocenters. The fraction of sp³-hybridized carbons (Fsp3) is 0.250. The molecule has 3 aromatic carbocycles. The third-order valence-electron chi connectivity index (χ3n) is 6.62. The number of para-hydroxylation sites is 2. The molecular formula is C28H25NO4. The molecule has 1 heterocycles. The zero-order valence-corrected chi connectivity index (χ0v) is 18.3. The van der Waals surface area contributed by atoms with E-state index in [0.29, 0.717) is 17.0 Å². The average molecular weight is 440 g/mol. The molecule has 5 nitrogen and oxygen atoms in total. The molecule has 0 unspecified atom stereocenters. The van der Waals surface area contributed by atoms with Crippen LogP contribution in [0.2, 0.25) is 0 Å². The second-order valence-corrected chi connectivity index (χ2v) is 8.63. The number of carbonyl (C=O) groups excluding carboxylic acids is 3. The highest BCUT2D eigenvalue weighted by Crippen LogP contribution is 2.42. The maximum Gasteiger partial charge on any atom is 0.237 e. The molecule has 2 aliphatic rings. The standard InChI is InChI=1S/C28H25NO4/c30-25(21-16-14-20(15-17-21)19-8-2-1-3-9-19)18-33-26-13-7-6-12-24(26)29-27(31)22-10-4-5-11-23(22)28(29)32/h1-3,6-9,12-17,22-23H,4-5,10-11,18H2/t22-,23-/m0/s1. The monoisotopic (exact) mass is 439 g/mol. The average Bonchev–Trinajstić information content (AvgIpc) is 3.13. The summed E-state index contributed by atoms with van der Waals surface area (Å²) in [6.07, 6.45) is 3.46. The van der Waals surface area contributed by atoms with E-state index >= 15 is 0 Å². The van der Waals surface area contributed by atoms with Gasteiger partial charge in [0.25, 0.3) is 0 Å². The minimum atomic E-state index is -0.232. The van der Waals surface area contributed by atoms with Crippen molar-refractivity contribution >= 4 is 23.3 Å². The molecule has 0 radical (unpaired) electrons. The number of ketones is 1. The Morgan fingerprint density at radius 3 is 2.00 bits per heavy atom. The van der Waals surface area contributed by atoms with Gasteiger partial charge in [-0.2, -0.15) is 0 Å². The maximum absolute atomic E-state index is 13.0. The lowest BCUT2D eigenvalue weighted by molar-refractivity contribution is -0.122. The van der Waals surface area contributed by atoms with Crippen LogP contribution in [0.25, 0.3) is 11.1 Å². The van der Waals surface area contributed by atoms with Crippen molar-refractivity contribution in [3.8, 4) is 16.9 Å². The van der Waals surface area contributed by atoms with E-state index in [1.54, 1.807) is 36.4 Å². The molecule has 1 saturated heterocycles. The molecule has 0 spiro atoms. The Balaban J connectivity index is 1.31. The van der Waals surface area contributed by atoms with Gasteiger partial charge in [-0.15, -0.1) is 0 Å². The number of ether oxygens (including phenoxy) is 1. The lowest BCUT2D eigenvalue weighted by Crippen LogP contribution is -2.31. The van der Waals surface area contributed by atoms with Crippen molar-refractivity contribution in [3.05, 3.63) is 84.4 Å². The van der Waals surface area contributed by atoms with Crippen LogP contribution in [0.1, 0.15) is 36.0 Å². The number of nitrogens with zero attached hydrogens (tertiary/aromatic N) is 1. The van der Waals surface area contributed by atoms with Gasteiger partial charge < -0.3 is 4.74 Å². The van der Waals surface area contributed by atoms with E-state index in [-0.39, 0.29) is 36.0 Å². The highest BCUT2D eigenvalue weighted by atomic mass is 16.5. The van der Waals surface area contributed by atoms with Crippen molar-refractivity contribution in [3.63, 3.8) is 0 Å². The molecule has 33 heavy (non-hydrogen) atoms. The van der Waals surface area contributed by atoms with Gasteiger partial charge in [-0.25, -0.2) is 4.90 Å². The molecule has 3 aromatic rings. The molecule has 5 heteroatoms. The summed E-state index contributed by atoms with van der Waals surface area (Å²) in [7, 11) is 0. The van der Waals surface area contributed by atoms with Gasteiger partial charge in [-0.3, -0.25) is 14.4 Å². The minimum Gasteiger partial charge on any atom is -0.483 e. The predicted molar refractivity (Wildman–Crippen MR) is 126 cm³/mol. The largest absolute Gasteiger partial charge is 0.483 e. The van der Waals surface area contributed by atoms with Gasteiger partial charge in [0, 0.05) is 5.56 Å². The zero-order valence-electron chi connectivity index (χ0n) is 18.3. The summed E-state index contributed by atoms with van der Waals surface area (Å²) in [4.78, 5) is 40.0. The van der Waals surface area contributed by atoms with Crippen molar-refractivity contribution in [1.82, 2.24) is 0 Å². The number of hydrogen-bond donors (Lipinski definition) is 0. The number of hydrogen-bond acceptors (Lipinski definition) is 4. The summed E-state index contributed by atoms with van der Waals surface area (Å²) in [5.74, 6) is -0.565. The van der Waals surface area contributed by atoms with Crippen molar-refractivity contribution in [2.24, 2.45) is 11.8 Å². The van der Waals surface area contributed by atoms with Gasteiger partial charge in [-0.05, 0) is 36.1 Å². The van der Waals surface area contributed by atoms with Crippen LogP contribution in [0, 0.1) is 11.8 Å². The van der Waals surface area contributed by atoms with E-state index in [1.165, 1.54) is 4.90 Å². The molecule has 1 aliphatic carbocycles. The smallest absolute Gasteiger partial charge is 0.237 e. The lowest BCUT2D eigenvalue weighted by Gasteiger charge is -2.19. The first kappa shape index (κ1) is 21.1. The number of anilines is 1. The Morgan fingerprint density at radius 2 is 1.33 bits per heavy atom. The van der Waals surface area contributed by atoms with Crippen LogP contribution in [0.4, 0.5) is 5.69 Å². The quantitative estimate of drug-likeness (QED) is 0.386. The van der Waals surface area contributed by atoms with E-state index in [4.69, 9.17) is 4.74 Å². The first-order valence-electron chi connectivity index (χ1n) is 11.4. The van der Waals surface area contributed by atoms with Gasteiger partial charge in [0.15, 0.2) is 12.4 Å². The molecule has 1 aliphatic heterocycles. The topological polar surface area (TPSA) is 63.7 Å². The third-order valence-corrected chi connectivity index (χ3v) is 6.62. The number of Topliss-reactive ketones (excluding diaryl/α,β-unsaturated/α-hetero) is 1. The van der Waals surface area contributed by atoms with Crippen LogP contribution in [-0.4, -0.2) is 24.2 Å². The van der Waals surface area contributed by atoms with Crippen LogP contribution in [0.5, 0.6) is 5.75 Å². The van der Waals surface area contributed by atoms with Crippen LogP contribution >= 0.6 is 0 Å². The lowest BCUT2D eigenvalue weighted by atomic mass is 9.81. The van der Waals surface area contributed by atoms with E-state index in [2.05, 4.69) is 0 Å². The Hall–Kier alpha value is -3.73. The maximum atomic E-state index is 13.0. The predicted octanol–water partition coefficient (Wildman–Crippen LogP) is 5.29. The molecule has 2 fully saturated rings. The summed E-state index contributed by atoms with van der Waals surface area (Å²) in [5.41, 5.74) is 3.09. The van der Waals surface area contributed by atoms with Crippen molar-refractivity contribution in [2.75, 3.05) is 11.5 Å². The number of rotatable bonds is 6. The van der Waals surface area contributed by atoms with E-state index < -0.39 is 0 Å². The van der Waals surface area contributed by atoms with Crippen LogP contribution < -0.4 is 9.64 Å². The normalized spacial score (nSPS) is 19.9. The van der Waals surface area contributed by atoms with Gasteiger partial charge in [0.05, 0.1) is 17.5 Å². The summed E-state index contributed by atoms with van der Waals surface area (Å²) in [6, 6.07) is 24.3. The SMILES string of the molecule is O=C(COc1ccccc1N1C(=O)[C@H]2CCCC[C@@H]2C1=O)c1ccc(-c2ccccc2)cc1. The van der Waals surface area contributed by atoms with Gasteiger partial charge >= 0.3 is 0 Å². The van der Waals surface area contributed by atoms with E-state index in [0.717, 1.165) is 36.8 Å². The molecule has 166 valence electrons. The molecule has 2 amide bonds. The van der Waals surface area contributed by atoms with Crippen molar-refractivity contribution in [2.45, 2.75) is 25.7 Å². The van der Waals surface area contributed by atoms with E-state index in [1.807, 2.05) is 42.5 Å². The van der Waals surface area contributed by atoms with Crippen molar-refractivity contribution in [1.29, 1.82) is 0 Å². The summed E-state index contributed by atoms with van der Waals surface area (Å²) < 4.78 is 5.84. The highest BCUT2D eigenvalue weighted by Gasteiger charge is 2.49. The van der Waals surface area contributed by atoms with Gasteiger partial charge in [0.2, 0.25) is 11.8 Å². The Morgan fingerprint density at radius 1 is 0.758 bits per heavy atom. The molecule has 0 aromatic heterocycles. The Labute approximate surface area is 193 Å².